The maximum Gasteiger partial charge on any atom is 0.280 e. The van der Waals surface area contributed by atoms with Crippen LogP contribution in [0.15, 0.2) is 52.3 Å². The number of aliphatic imine (C=N–C) groups is 1. The summed E-state index contributed by atoms with van der Waals surface area (Å²) in [6, 6.07) is 13.5. The van der Waals surface area contributed by atoms with Crippen LogP contribution in [0.4, 0.5) is 5.69 Å². The summed E-state index contributed by atoms with van der Waals surface area (Å²) in [5, 5.41) is 3.27. The van der Waals surface area contributed by atoms with E-state index in [2.05, 4.69) is 31.9 Å². The molecule has 0 aliphatic heterocycles. The van der Waals surface area contributed by atoms with Gasteiger partial charge in [0.2, 0.25) is 0 Å². The van der Waals surface area contributed by atoms with Crippen LogP contribution in [0.1, 0.15) is 42.7 Å². The van der Waals surface area contributed by atoms with Crippen LogP contribution < -0.4 is 10.3 Å². The highest BCUT2D eigenvalue weighted by molar-refractivity contribution is 6.01. The monoisotopic (exact) mass is 377 g/mol. The van der Waals surface area contributed by atoms with Crippen LogP contribution in [-0.4, -0.2) is 22.6 Å². The first kappa shape index (κ1) is 19.7. The van der Waals surface area contributed by atoms with Crippen molar-refractivity contribution in [2.24, 2.45) is 4.99 Å². The van der Waals surface area contributed by atoms with Gasteiger partial charge in [-0.2, -0.15) is 0 Å². The van der Waals surface area contributed by atoms with E-state index in [0.29, 0.717) is 5.56 Å². The van der Waals surface area contributed by atoms with Crippen LogP contribution in [0.2, 0.25) is 0 Å². The molecule has 0 aliphatic rings. The van der Waals surface area contributed by atoms with Crippen LogP contribution in [0.5, 0.6) is 5.75 Å². The summed E-state index contributed by atoms with van der Waals surface area (Å²) in [6.07, 6.45) is 1.72. The van der Waals surface area contributed by atoms with E-state index < -0.39 is 0 Å². The Morgan fingerprint density at radius 3 is 2.43 bits per heavy atom. The topological polar surface area (TPSA) is 59.4 Å². The van der Waals surface area contributed by atoms with Gasteiger partial charge in [0.1, 0.15) is 5.75 Å². The quantitative estimate of drug-likeness (QED) is 0.622. The molecule has 1 heterocycles. The van der Waals surface area contributed by atoms with Crippen molar-refractivity contribution in [3.05, 3.63) is 75.2 Å². The molecule has 5 heteroatoms. The highest BCUT2D eigenvalue weighted by atomic mass is 16.5. The zero-order valence-corrected chi connectivity index (χ0v) is 17.2. The predicted octanol–water partition coefficient (Wildman–Crippen LogP) is 4.88. The molecule has 5 nitrogen and oxygen atoms in total. The van der Waals surface area contributed by atoms with Gasteiger partial charge in [0.15, 0.2) is 0 Å². The fourth-order valence-electron chi connectivity index (χ4n) is 3.24. The summed E-state index contributed by atoms with van der Waals surface area (Å²) in [5.74, 6) is 0.754. The summed E-state index contributed by atoms with van der Waals surface area (Å²) in [7, 11) is 1.62. The van der Waals surface area contributed by atoms with Crippen molar-refractivity contribution in [1.82, 2.24) is 9.78 Å². The molecule has 0 amide bonds. The summed E-state index contributed by atoms with van der Waals surface area (Å²) in [4.78, 5) is 17.9. The van der Waals surface area contributed by atoms with Crippen molar-refractivity contribution in [3.8, 4) is 11.4 Å². The number of H-pyrrole nitrogens is 1. The average Bonchev–Trinajstić information content (AvgIpc) is 3.01. The molecule has 0 radical (unpaired) electrons. The van der Waals surface area contributed by atoms with Gasteiger partial charge in [0, 0.05) is 5.69 Å². The number of nitrogens with one attached hydrogen (secondary N) is 1. The Bertz CT molecular complexity index is 1060. The van der Waals surface area contributed by atoms with E-state index in [1.165, 1.54) is 11.1 Å². The van der Waals surface area contributed by atoms with Crippen LogP contribution in [-0.2, 0) is 6.42 Å². The van der Waals surface area contributed by atoms with Crippen molar-refractivity contribution in [1.29, 1.82) is 0 Å². The summed E-state index contributed by atoms with van der Waals surface area (Å²) < 4.78 is 6.79. The van der Waals surface area contributed by atoms with Gasteiger partial charge in [-0.15, -0.1) is 0 Å². The minimum atomic E-state index is -0.0845. The number of aromatic nitrogens is 2. The van der Waals surface area contributed by atoms with E-state index in [-0.39, 0.29) is 5.56 Å². The van der Waals surface area contributed by atoms with E-state index in [9.17, 15) is 4.79 Å². The smallest absolute Gasteiger partial charge is 0.280 e. The second-order valence-electron chi connectivity index (χ2n) is 7.02. The van der Waals surface area contributed by atoms with Crippen molar-refractivity contribution in [3.63, 3.8) is 0 Å². The normalized spacial score (nSPS) is 11.7. The third kappa shape index (κ3) is 3.93. The fraction of sp³-hybridized carbons (Fsp3) is 0.304. The number of hydrogen-bond acceptors (Lipinski definition) is 3. The minimum Gasteiger partial charge on any atom is -0.497 e. The Hall–Kier alpha value is -3.08. The van der Waals surface area contributed by atoms with Crippen LogP contribution in [0.25, 0.3) is 5.69 Å². The van der Waals surface area contributed by atoms with Gasteiger partial charge in [-0.1, -0.05) is 19.4 Å². The summed E-state index contributed by atoms with van der Waals surface area (Å²) >= 11 is 0. The third-order valence-electron chi connectivity index (χ3n) is 4.95. The molecular formula is C23H27N3O2. The SMILES string of the molecule is CCCc1[nH]n(-c2ccc(OC)cc2)c(=O)c1C(C)=Nc1ccc(C)c(C)c1. The molecule has 0 saturated heterocycles. The molecule has 0 fully saturated rings. The number of aryl methyl sites for hydroxylation is 3. The van der Waals surface area contributed by atoms with Gasteiger partial charge in [-0.05, 0) is 74.7 Å². The van der Waals surface area contributed by atoms with Gasteiger partial charge >= 0.3 is 0 Å². The fourth-order valence-corrected chi connectivity index (χ4v) is 3.24. The maximum absolute atomic E-state index is 13.2. The van der Waals surface area contributed by atoms with Crippen molar-refractivity contribution >= 4 is 11.4 Å². The summed E-state index contributed by atoms with van der Waals surface area (Å²) in [5.41, 5.74) is 6.25. The molecule has 1 aromatic heterocycles. The second-order valence-corrected chi connectivity index (χ2v) is 7.02. The number of aromatic amines is 1. The number of methoxy groups -OCH3 is 1. The average molecular weight is 377 g/mol. The molecular weight excluding hydrogens is 350 g/mol. The first-order chi connectivity index (χ1) is 13.4. The largest absolute Gasteiger partial charge is 0.497 e. The third-order valence-corrected chi connectivity index (χ3v) is 4.95. The molecule has 3 aromatic rings. The van der Waals surface area contributed by atoms with Gasteiger partial charge in [-0.25, -0.2) is 4.68 Å². The molecule has 0 spiro atoms. The molecule has 0 bridgehead atoms. The van der Waals surface area contributed by atoms with Crippen LogP contribution in [0, 0.1) is 13.8 Å². The molecule has 1 N–H and O–H groups in total. The first-order valence-electron chi connectivity index (χ1n) is 9.55. The van der Waals surface area contributed by atoms with Crippen LogP contribution in [0.3, 0.4) is 0 Å². The minimum absolute atomic E-state index is 0.0845. The first-order valence-corrected chi connectivity index (χ1v) is 9.55. The molecule has 28 heavy (non-hydrogen) atoms. The van der Waals surface area contributed by atoms with E-state index in [0.717, 1.165) is 41.4 Å². The Labute approximate surface area is 165 Å². The molecule has 0 unspecified atom stereocenters. The van der Waals surface area contributed by atoms with Crippen LogP contribution >= 0.6 is 0 Å². The molecule has 3 rings (SSSR count). The van der Waals surface area contributed by atoms with Gasteiger partial charge < -0.3 is 4.74 Å². The lowest BCUT2D eigenvalue weighted by molar-refractivity contribution is 0.414. The number of rotatable bonds is 6. The molecule has 2 aromatic carbocycles. The second kappa shape index (κ2) is 8.30. The molecule has 0 saturated carbocycles. The zero-order chi connectivity index (χ0) is 20.3. The highest BCUT2D eigenvalue weighted by Crippen LogP contribution is 2.20. The lowest BCUT2D eigenvalue weighted by Gasteiger charge is -2.03. The van der Waals surface area contributed by atoms with Gasteiger partial charge in [0.05, 0.1) is 29.8 Å². The Morgan fingerprint density at radius 2 is 1.82 bits per heavy atom. The van der Waals surface area contributed by atoms with Crippen molar-refractivity contribution < 1.29 is 4.74 Å². The van der Waals surface area contributed by atoms with Gasteiger partial charge in [-0.3, -0.25) is 14.9 Å². The zero-order valence-electron chi connectivity index (χ0n) is 17.2. The standard InChI is InChI=1S/C23H27N3O2/c1-6-7-21-22(17(4)24-18-9-8-15(2)16(3)14-18)23(27)26(25-21)19-10-12-20(28-5)13-11-19/h8-14,25H,6-7H2,1-5H3. The lowest BCUT2D eigenvalue weighted by Crippen LogP contribution is -2.19. The van der Waals surface area contributed by atoms with Crippen molar-refractivity contribution in [2.45, 2.75) is 40.5 Å². The number of nitrogens with zero attached hydrogens (tertiary/aromatic N) is 2. The highest BCUT2D eigenvalue weighted by Gasteiger charge is 2.17. The maximum atomic E-state index is 13.2. The van der Waals surface area contributed by atoms with Gasteiger partial charge in [0.25, 0.3) is 5.56 Å². The van der Waals surface area contributed by atoms with E-state index in [1.807, 2.05) is 43.3 Å². The van der Waals surface area contributed by atoms with E-state index >= 15 is 0 Å². The Morgan fingerprint density at radius 1 is 1.11 bits per heavy atom. The number of benzene rings is 2. The molecule has 0 aliphatic carbocycles. The summed E-state index contributed by atoms with van der Waals surface area (Å²) in [6.45, 7) is 8.15. The Balaban J connectivity index is 2.08. The van der Waals surface area contributed by atoms with E-state index in [4.69, 9.17) is 9.73 Å². The number of hydrogen-bond donors (Lipinski definition) is 1. The molecule has 146 valence electrons. The molecule has 0 atom stereocenters. The predicted molar refractivity (Wildman–Crippen MR) is 115 cm³/mol. The number of ether oxygens (including phenoxy) is 1. The Kier molecular flexibility index (Phi) is 5.83. The van der Waals surface area contributed by atoms with Crippen molar-refractivity contribution in [2.75, 3.05) is 7.11 Å². The van der Waals surface area contributed by atoms with E-state index in [1.54, 1.807) is 11.8 Å². The lowest BCUT2D eigenvalue weighted by atomic mass is 10.1.